The molecule has 1 atom stereocenters. The topological polar surface area (TPSA) is 64.0 Å². The van der Waals surface area contributed by atoms with Crippen molar-refractivity contribution in [2.24, 2.45) is 0 Å². The quantitative estimate of drug-likeness (QED) is 0.333. The number of hydrogen-bond donors (Lipinski definition) is 0. The van der Waals surface area contributed by atoms with Gasteiger partial charge < -0.3 is 14.4 Å². The Hall–Kier alpha value is -4.78. The van der Waals surface area contributed by atoms with Crippen LogP contribution in [0.2, 0.25) is 0 Å². The molecule has 0 fully saturated rings. The van der Waals surface area contributed by atoms with Crippen LogP contribution < -0.4 is 19.9 Å². The Morgan fingerprint density at radius 3 is 2.38 bits per heavy atom. The molecule has 0 N–H and O–H groups in total. The van der Waals surface area contributed by atoms with Crippen molar-refractivity contribution in [2.45, 2.75) is 25.5 Å². The maximum atomic E-state index is 14.0. The van der Waals surface area contributed by atoms with Gasteiger partial charge in [-0.05, 0) is 30.0 Å². The fourth-order valence-electron chi connectivity index (χ4n) is 5.31. The summed E-state index contributed by atoms with van der Waals surface area (Å²) in [4.78, 5) is 29.0. The van der Waals surface area contributed by atoms with E-state index in [2.05, 4.69) is 35.4 Å². The highest BCUT2D eigenvalue weighted by atomic mass is 16.5. The Kier molecular flexibility index (Phi) is 7.35. The van der Waals surface area contributed by atoms with Crippen LogP contribution in [-0.4, -0.2) is 35.3 Å². The second kappa shape index (κ2) is 11.5. The molecule has 7 nitrogen and oxygen atoms in total. The van der Waals surface area contributed by atoms with Gasteiger partial charge in [0.05, 0.1) is 6.61 Å². The first-order chi connectivity index (χ1) is 19.7. The van der Waals surface area contributed by atoms with E-state index in [1.165, 1.54) is 6.07 Å². The van der Waals surface area contributed by atoms with Crippen LogP contribution in [0.15, 0.2) is 114 Å². The second-order valence-electron chi connectivity index (χ2n) is 9.87. The van der Waals surface area contributed by atoms with E-state index in [0.717, 1.165) is 28.9 Å². The summed E-state index contributed by atoms with van der Waals surface area (Å²) >= 11 is 0. The van der Waals surface area contributed by atoms with E-state index < -0.39 is 0 Å². The Morgan fingerprint density at radius 2 is 1.55 bits per heavy atom. The Labute approximate surface area is 233 Å². The molecule has 0 saturated heterocycles. The number of fused-ring (bicyclic) bond motifs is 5. The molecule has 6 rings (SSSR count). The van der Waals surface area contributed by atoms with Gasteiger partial charge in [0.25, 0.3) is 5.91 Å². The van der Waals surface area contributed by atoms with E-state index in [9.17, 15) is 9.59 Å². The van der Waals surface area contributed by atoms with Gasteiger partial charge in [-0.15, -0.1) is 0 Å². The van der Waals surface area contributed by atoms with Crippen molar-refractivity contribution >= 4 is 5.91 Å². The zero-order valence-corrected chi connectivity index (χ0v) is 22.2. The number of amides is 1. The lowest BCUT2D eigenvalue weighted by atomic mass is 9.97. The molecule has 1 amide bonds. The highest BCUT2D eigenvalue weighted by Gasteiger charge is 2.37. The normalized spacial score (nSPS) is 17.8. The summed E-state index contributed by atoms with van der Waals surface area (Å²) in [5, 5.41) is 2.12. The third kappa shape index (κ3) is 5.10. The lowest BCUT2D eigenvalue weighted by molar-refractivity contribution is 0.0679. The van der Waals surface area contributed by atoms with Gasteiger partial charge in [0.2, 0.25) is 5.43 Å². The smallest absolute Gasteiger partial charge is 0.277 e. The first-order valence-electron chi connectivity index (χ1n) is 13.6. The van der Waals surface area contributed by atoms with Gasteiger partial charge in [-0.2, -0.15) is 0 Å². The minimum atomic E-state index is -0.324. The van der Waals surface area contributed by atoms with E-state index >= 15 is 0 Å². The van der Waals surface area contributed by atoms with Crippen LogP contribution in [0.3, 0.4) is 0 Å². The maximum absolute atomic E-state index is 14.0. The van der Waals surface area contributed by atoms with E-state index in [1.54, 1.807) is 15.8 Å². The summed E-state index contributed by atoms with van der Waals surface area (Å²) in [7, 11) is 0. The summed E-state index contributed by atoms with van der Waals surface area (Å²) in [6.07, 6.45) is 7.32. The lowest BCUT2D eigenvalue weighted by Gasteiger charge is -2.44. The molecule has 40 heavy (non-hydrogen) atoms. The monoisotopic (exact) mass is 533 g/mol. The standard InChI is InChI=1S/C33H31N3O4/c37-28-19-21-35-31(32(28)40-23-25-13-5-3-6-14-25)33(38)34-20-11-1-2-12-22-39-29-18-10-9-17-27(29)30(36(35)24-34)26-15-7-4-8-16-26/h1-10,13-19,21,30H,11-12,20,22-24H2/b2-1+. The highest BCUT2D eigenvalue weighted by Crippen LogP contribution is 2.37. The Bertz CT molecular complexity index is 1570. The fraction of sp³-hybridized carbons (Fsp3) is 0.212. The average Bonchev–Trinajstić information content (AvgIpc) is 3.00. The van der Waals surface area contributed by atoms with Gasteiger partial charge in [-0.1, -0.05) is 91.0 Å². The molecule has 4 aromatic rings. The van der Waals surface area contributed by atoms with Gasteiger partial charge in [-0.25, -0.2) is 0 Å². The van der Waals surface area contributed by atoms with Gasteiger partial charge in [0.1, 0.15) is 25.1 Å². The molecule has 2 aliphatic heterocycles. The molecule has 2 bridgehead atoms. The van der Waals surface area contributed by atoms with Crippen LogP contribution in [0.5, 0.6) is 11.5 Å². The first-order valence-corrected chi connectivity index (χ1v) is 13.6. The van der Waals surface area contributed by atoms with Crippen molar-refractivity contribution in [3.05, 3.63) is 142 Å². The molecule has 202 valence electrons. The number of carbonyl (C=O) groups is 1. The van der Waals surface area contributed by atoms with Crippen LogP contribution in [0.25, 0.3) is 0 Å². The van der Waals surface area contributed by atoms with Crippen molar-refractivity contribution in [1.82, 2.24) is 9.58 Å². The van der Waals surface area contributed by atoms with Crippen LogP contribution in [0.1, 0.15) is 46.1 Å². The molecular weight excluding hydrogens is 502 g/mol. The molecule has 7 heteroatoms. The predicted octanol–water partition coefficient (Wildman–Crippen LogP) is 5.30. The maximum Gasteiger partial charge on any atom is 0.277 e. The van der Waals surface area contributed by atoms with Crippen molar-refractivity contribution in [3.63, 3.8) is 0 Å². The molecule has 0 aliphatic carbocycles. The first kappa shape index (κ1) is 25.5. The number of nitrogens with zero attached hydrogens (tertiary/aromatic N) is 3. The molecule has 1 unspecified atom stereocenters. The summed E-state index contributed by atoms with van der Waals surface area (Å²) in [5.74, 6) is 0.620. The fourth-order valence-corrected chi connectivity index (χ4v) is 5.31. The van der Waals surface area contributed by atoms with Crippen molar-refractivity contribution in [2.75, 3.05) is 24.8 Å². The van der Waals surface area contributed by atoms with E-state index in [4.69, 9.17) is 9.47 Å². The van der Waals surface area contributed by atoms with Crippen LogP contribution in [-0.2, 0) is 6.61 Å². The molecule has 0 saturated carbocycles. The number of rotatable bonds is 4. The zero-order valence-electron chi connectivity index (χ0n) is 22.2. The Morgan fingerprint density at radius 1 is 0.825 bits per heavy atom. The molecule has 3 aromatic carbocycles. The molecule has 0 radical (unpaired) electrons. The van der Waals surface area contributed by atoms with Crippen molar-refractivity contribution in [3.8, 4) is 11.5 Å². The van der Waals surface area contributed by atoms with E-state index in [0.29, 0.717) is 26.2 Å². The number of pyridine rings is 1. The zero-order chi connectivity index (χ0) is 27.3. The number of para-hydroxylation sites is 1. The minimum absolute atomic E-state index is 0.0576. The molecule has 2 aliphatic rings. The van der Waals surface area contributed by atoms with E-state index in [-0.39, 0.29) is 35.4 Å². The molecule has 3 heterocycles. The predicted molar refractivity (Wildman–Crippen MR) is 154 cm³/mol. The van der Waals surface area contributed by atoms with Gasteiger partial charge in [-0.3, -0.25) is 19.3 Å². The van der Waals surface area contributed by atoms with Gasteiger partial charge >= 0.3 is 0 Å². The third-order valence-electron chi connectivity index (χ3n) is 7.24. The number of hydrogen-bond acceptors (Lipinski definition) is 5. The van der Waals surface area contributed by atoms with Gasteiger partial charge in [0.15, 0.2) is 11.4 Å². The van der Waals surface area contributed by atoms with Crippen LogP contribution in [0.4, 0.5) is 0 Å². The minimum Gasteiger partial charge on any atom is -0.493 e. The van der Waals surface area contributed by atoms with Crippen molar-refractivity contribution < 1.29 is 14.3 Å². The molecule has 0 spiro atoms. The summed E-state index contributed by atoms with van der Waals surface area (Å²) in [6, 6.07) is 29.0. The van der Waals surface area contributed by atoms with E-state index in [1.807, 2.05) is 66.7 Å². The Balaban J connectivity index is 1.53. The number of aromatic nitrogens is 1. The molecule has 1 aromatic heterocycles. The largest absolute Gasteiger partial charge is 0.493 e. The second-order valence-corrected chi connectivity index (χ2v) is 9.87. The number of benzene rings is 3. The van der Waals surface area contributed by atoms with Crippen LogP contribution in [0, 0.1) is 0 Å². The molecular formula is C33H31N3O4. The SMILES string of the molecule is O=C1c2c(OCc3ccccc3)c(=O)ccn2N2CN1CC/C=C/CCOc1ccccc1C2c1ccccc1. The number of carbonyl (C=O) groups excluding carboxylic acids is 1. The third-order valence-corrected chi connectivity index (χ3v) is 7.24. The van der Waals surface area contributed by atoms with Gasteiger partial charge in [0, 0.05) is 24.4 Å². The summed E-state index contributed by atoms with van der Waals surface area (Å²) < 4.78 is 14.2. The number of ether oxygens (including phenoxy) is 2. The average molecular weight is 534 g/mol. The highest BCUT2D eigenvalue weighted by molar-refractivity contribution is 5.96. The van der Waals surface area contributed by atoms with Crippen molar-refractivity contribution in [1.29, 1.82) is 0 Å². The summed E-state index contributed by atoms with van der Waals surface area (Å²) in [5.41, 5.74) is 2.83. The van der Waals surface area contributed by atoms with Crippen LogP contribution >= 0.6 is 0 Å². The summed E-state index contributed by atoms with van der Waals surface area (Å²) in [6.45, 7) is 1.58. The lowest BCUT2D eigenvalue weighted by Crippen LogP contribution is -2.55.